The standard InChI is InChI=1S/C12H16BrN3OS/c1-3-12(4-2,11(14)18)16-10(17)8-5-9(13)7-15-6-8/h5-7H,3-4H2,1-2H3,(H2,14,18)(H,16,17). The van der Waals surface area contributed by atoms with E-state index in [-0.39, 0.29) is 5.91 Å². The average molecular weight is 330 g/mol. The van der Waals surface area contributed by atoms with E-state index in [9.17, 15) is 4.79 Å². The highest BCUT2D eigenvalue weighted by Crippen LogP contribution is 2.17. The van der Waals surface area contributed by atoms with Gasteiger partial charge in [0.15, 0.2) is 0 Å². The zero-order valence-corrected chi connectivity index (χ0v) is 12.8. The van der Waals surface area contributed by atoms with Crippen molar-refractivity contribution in [3.63, 3.8) is 0 Å². The Hall–Kier alpha value is -1.01. The highest BCUT2D eigenvalue weighted by atomic mass is 79.9. The Kier molecular flexibility index (Phi) is 5.22. The summed E-state index contributed by atoms with van der Waals surface area (Å²) in [6.07, 6.45) is 4.45. The van der Waals surface area contributed by atoms with Crippen molar-refractivity contribution in [2.45, 2.75) is 32.2 Å². The molecule has 18 heavy (non-hydrogen) atoms. The molecule has 0 atom stereocenters. The highest BCUT2D eigenvalue weighted by molar-refractivity contribution is 9.10. The van der Waals surface area contributed by atoms with E-state index in [1.54, 1.807) is 12.3 Å². The smallest absolute Gasteiger partial charge is 0.253 e. The van der Waals surface area contributed by atoms with Crippen LogP contribution >= 0.6 is 28.1 Å². The predicted octanol–water partition coefficient (Wildman–Crippen LogP) is 2.42. The van der Waals surface area contributed by atoms with Crippen molar-refractivity contribution < 1.29 is 4.79 Å². The van der Waals surface area contributed by atoms with Crippen molar-refractivity contribution in [2.24, 2.45) is 5.73 Å². The van der Waals surface area contributed by atoms with Crippen LogP contribution in [0.3, 0.4) is 0 Å². The molecule has 1 aromatic rings. The van der Waals surface area contributed by atoms with E-state index in [0.29, 0.717) is 23.4 Å². The molecule has 0 saturated carbocycles. The Bertz CT molecular complexity index is 460. The van der Waals surface area contributed by atoms with Gasteiger partial charge in [-0.05, 0) is 34.8 Å². The second kappa shape index (κ2) is 6.24. The van der Waals surface area contributed by atoms with Gasteiger partial charge in [-0.25, -0.2) is 0 Å². The number of aromatic nitrogens is 1. The lowest BCUT2D eigenvalue weighted by molar-refractivity contribution is 0.0919. The van der Waals surface area contributed by atoms with Crippen LogP contribution in [0.5, 0.6) is 0 Å². The van der Waals surface area contributed by atoms with Gasteiger partial charge in [-0.3, -0.25) is 9.78 Å². The van der Waals surface area contributed by atoms with Gasteiger partial charge in [-0.2, -0.15) is 0 Å². The molecule has 0 saturated heterocycles. The van der Waals surface area contributed by atoms with E-state index in [1.165, 1.54) is 6.20 Å². The fourth-order valence-corrected chi connectivity index (χ4v) is 2.37. The number of amides is 1. The van der Waals surface area contributed by atoms with Crippen molar-refractivity contribution in [3.05, 3.63) is 28.5 Å². The molecule has 0 fully saturated rings. The molecule has 0 aliphatic carbocycles. The number of thiocarbonyl (C=S) groups is 1. The molecular formula is C12H16BrN3OS. The first-order valence-electron chi connectivity index (χ1n) is 5.68. The zero-order valence-electron chi connectivity index (χ0n) is 10.4. The third-order valence-electron chi connectivity index (χ3n) is 3.00. The van der Waals surface area contributed by atoms with E-state index in [0.717, 1.165) is 4.47 Å². The molecule has 1 amide bonds. The Morgan fingerprint density at radius 1 is 1.50 bits per heavy atom. The molecule has 98 valence electrons. The van der Waals surface area contributed by atoms with Crippen LogP contribution in [0.25, 0.3) is 0 Å². The number of hydrogen-bond donors (Lipinski definition) is 2. The molecule has 1 aromatic heterocycles. The normalized spacial score (nSPS) is 11.1. The molecule has 6 heteroatoms. The second-order valence-corrected chi connectivity index (χ2v) is 5.35. The zero-order chi connectivity index (χ0) is 13.8. The lowest BCUT2D eigenvalue weighted by Crippen LogP contribution is -2.56. The average Bonchev–Trinajstić information content (AvgIpc) is 2.35. The molecule has 0 unspecified atom stereocenters. The topological polar surface area (TPSA) is 68.0 Å². The molecule has 0 aliphatic rings. The Labute approximate surface area is 120 Å². The lowest BCUT2D eigenvalue weighted by Gasteiger charge is -2.31. The molecule has 0 aromatic carbocycles. The minimum absolute atomic E-state index is 0.222. The molecule has 0 radical (unpaired) electrons. The van der Waals surface area contributed by atoms with Gasteiger partial charge in [0, 0.05) is 16.9 Å². The Morgan fingerprint density at radius 3 is 2.56 bits per heavy atom. The van der Waals surface area contributed by atoms with E-state index < -0.39 is 5.54 Å². The Morgan fingerprint density at radius 2 is 2.11 bits per heavy atom. The summed E-state index contributed by atoms with van der Waals surface area (Å²) in [6.45, 7) is 3.89. The third-order valence-corrected chi connectivity index (χ3v) is 3.82. The number of carbonyl (C=O) groups excluding carboxylic acids is 1. The molecule has 3 N–H and O–H groups in total. The van der Waals surface area contributed by atoms with Gasteiger partial charge in [-0.15, -0.1) is 0 Å². The molecule has 0 bridgehead atoms. The summed E-state index contributed by atoms with van der Waals surface area (Å²) < 4.78 is 0.754. The number of hydrogen-bond acceptors (Lipinski definition) is 3. The van der Waals surface area contributed by atoms with E-state index in [2.05, 4.69) is 26.2 Å². The third kappa shape index (κ3) is 3.26. The van der Waals surface area contributed by atoms with Crippen LogP contribution in [0.15, 0.2) is 22.9 Å². The minimum Gasteiger partial charge on any atom is -0.391 e. The molecule has 1 rings (SSSR count). The van der Waals surface area contributed by atoms with Crippen molar-refractivity contribution >= 4 is 39.0 Å². The van der Waals surface area contributed by atoms with Gasteiger partial charge >= 0.3 is 0 Å². The van der Waals surface area contributed by atoms with Crippen LogP contribution in [0.1, 0.15) is 37.0 Å². The van der Waals surface area contributed by atoms with Crippen LogP contribution in [-0.4, -0.2) is 21.4 Å². The van der Waals surface area contributed by atoms with E-state index >= 15 is 0 Å². The van der Waals surface area contributed by atoms with Gasteiger partial charge in [0.05, 0.1) is 16.1 Å². The second-order valence-electron chi connectivity index (χ2n) is 4.00. The Balaban J connectivity index is 2.95. The molecular weight excluding hydrogens is 314 g/mol. The van der Waals surface area contributed by atoms with Crippen LogP contribution in [0.4, 0.5) is 0 Å². The number of nitrogens with two attached hydrogens (primary N) is 1. The summed E-state index contributed by atoms with van der Waals surface area (Å²) in [5.41, 5.74) is 5.59. The van der Waals surface area contributed by atoms with E-state index in [1.807, 2.05) is 13.8 Å². The first-order valence-corrected chi connectivity index (χ1v) is 6.88. The van der Waals surface area contributed by atoms with Crippen molar-refractivity contribution in [1.29, 1.82) is 0 Å². The van der Waals surface area contributed by atoms with E-state index in [4.69, 9.17) is 18.0 Å². The van der Waals surface area contributed by atoms with Crippen LogP contribution < -0.4 is 11.1 Å². The highest BCUT2D eigenvalue weighted by Gasteiger charge is 2.31. The maximum atomic E-state index is 12.1. The number of rotatable bonds is 5. The maximum Gasteiger partial charge on any atom is 0.253 e. The van der Waals surface area contributed by atoms with Crippen molar-refractivity contribution in [3.8, 4) is 0 Å². The predicted molar refractivity (Wildman–Crippen MR) is 79.5 cm³/mol. The number of nitrogens with one attached hydrogen (secondary N) is 1. The summed E-state index contributed by atoms with van der Waals surface area (Å²) in [5.74, 6) is -0.222. The summed E-state index contributed by atoms with van der Waals surface area (Å²) in [7, 11) is 0. The van der Waals surface area contributed by atoms with Crippen molar-refractivity contribution in [1.82, 2.24) is 10.3 Å². The summed E-state index contributed by atoms with van der Waals surface area (Å²) in [4.78, 5) is 16.4. The quantitative estimate of drug-likeness (QED) is 0.814. The SMILES string of the molecule is CCC(CC)(NC(=O)c1cncc(Br)c1)C(N)=S. The number of pyridine rings is 1. The number of nitrogens with zero attached hydrogens (tertiary/aromatic N) is 1. The summed E-state index contributed by atoms with van der Waals surface area (Å²) >= 11 is 8.34. The van der Waals surface area contributed by atoms with Crippen LogP contribution in [0.2, 0.25) is 0 Å². The number of halogens is 1. The molecule has 0 spiro atoms. The maximum absolute atomic E-state index is 12.1. The van der Waals surface area contributed by atoms with Crippen LogP contribution in [0, 0.1) is 0 Å². The summed E-state index contributed by atoms with van der Waals surface area (Å²) in [6, 6.07) is 1.71. The van der Waals surface area contributed by atoms with Crippen molar-refractivity contribution in [2.75, 3.05) is 0 Å². The molecule has 0 aliphatic heterocycles. The first kappa shape index (κ1) is 15.0. The molecule has 4 nitrogen and oxygen atoms in total. The van der Waals surface area contributed by atoms with Crippen LogP contribution in [-0.2, 0) is 0 Å². The number of carbonyl (C=O) groups is 1. The fourth-order valence-electron chi connectivity index (χ4n) is 1.66. The fraction of sp³-hybridized carbons (Fsp3) is 0.417. The monoisotopic (exact) mass is 329 g/mol. The van der Waals surface area contributed by atoms with Gasteiger partial charge in [0.2, 0.25) is 0 Å². The van der Waals surface area contributed by atoms with Gasteiger partial charge < -0.3 is 11.1 Å². The summed E-state index contributed by atoms with van der Waals surface area (Å²) in [5, 5.41) is 2.91. The minimum atomic E-state index is -0.630. The lowest BCUT2D eigenvalue weighted by atomic mass is 9.92. The molecule has 1 heterocycles. The first-order chi connectivity index (χ1) is 8.45. The largest absolute Gasteiger partial charge is 0.391 e. The van der Waals surface area contributed by atoms with Gasteiger partial charge in [-0.1, -0.05) is 26.1 Å². The van der Waals surface area contributed by atoms with Gasteiger partial charge in [0.1, 0.15) is 0 Å². The van der Waals surface area contributed by atoms with Gasteiger partial charge in [0.25, 0.3) is 5.91 Å².